The molecule has 1 aliphatic heterocycles. The molecule has 2 heterocycles. The molecular formula is C17H20N4O4S. The van der Waals surface area contributed by atoms with Crippen LogP contribution in [0.4, 0.5) is 5.69 Å². The molecule has 138 valence electrons. The number of nitrogens with zero attached hydrogens (tertiary/aromatic N) is 2. The first-order valence-electron chi connectivity index (χ1n) is 8.23. The molecule has 0 unspecified atom stereocenters. The lowest BCUT2D eigenvalue weighted by molar-refractivity contribution is -0.115. The highest BCUT2D eigenvalue weighted by molar-refractivity contribution is 7.90. The summed E-state index contributed by atoms with van der Waals surface area (Å²) in [5.41, 5.74) is 1.79. The van der Waals surface area contributed by atoms with E-state index in [9.17, 15) is 13.2 Å². The van der Waals surface area contributed by atoms with E-state index in [-0.39, 0.29) is 17.2 Å². The van der Waals surface area contributed by atoms with Crippen molar-refractivity contribution < 1.29 is 17.7 Å². The molecule has 0 atom stereocenters. The van der Waals surface area contributed by atoms with Crippen molar-refractivity contribution in [3.8, 4) is 0 Å². The topological polar surface area (TPSA) is 114 Å². The number of carbonyl (C=O) groups is 1. The van der Waals surface area contributed by atoms with Crippen LogP contribution in [0.5, 0.6) is 0 Å². The van der Waals surface area contributed by atoms with Crippen molar-refractivity contribution in [2.75, 3.05) is 11.9 Å². The van der Waals surface area contributed by atoms with Gasteiger partial charge >= 0.3 is 0 Å². The fraction of sp³-hybridized carbons (Fsp3) is 0.353. The van der Waals surface area contributed by atoms with Crippen molar-refractivity contribution in [3.63, 3.8) is 0 Å². The summed E-state index contributed by atoms with van der Waals surface area (Å²) < 4.78 is 32.4. The molecule has 0 fully saturated rings. The monoisotopic (exact) mass is 376 g/mol. The van der Waals surface area contributed by atoms with E-state index in [1.165, 1.54) is 12.1 Å². The van der Waals surface area contributed by atoms with Crippen LogP contribution >= 0.6 is 0 Å². The molecule has 1 amide bonds. The quantitative estimate of drug-likeness (QED) is 0.828. The molecule has 0 bridgehead atoms. The standard InChI is InChI=1S/C17H20N4O4S/c1-11-15(12(2)25-20-11)10-17(22)19-13-5-3-6-14(9-13)26(23,24)21-16-7-4-8-18-16/h3,5-6,9H,4,7-8,10H2,1-2H3,(H,18,21)(H,19,22). The van der Waals surface area contributed by atoms with Crippen LogP contribution in [0.25, 0.3) is 0 Å². The predicted molar refractivity (Wildman–Crippen MR) is 96.6 cm³/mol. The number of aliphatic imine (C=N–C) groups is 1. The Labute approximate surface area is 151 Å². The summed E-state index contributed by atoms with van der Waals surface area (Å²) in [7, 11) is -3.72. The van der Waals surface area contributed by atoms with Gasteiger partial charge in [-0.15, -0.1) is 0 Å². The molecule has 0 saturated carbocycles. The lowest BCUT2D eigenvalue weighted by atomic mass is 10.1. The van der Waals surface area contributed by atoms with Crippen LogP contribution in [-0.4, -0.2) is 31.9 Å². The van der Waals surface area contributed by atoms with E-state index in [1.807, 2.05) is 0 Å². The van der Waals surface area contributed by atoms with Gasteiger partial charge in [-0.3, -0.25) is 14.5 Å². The van der Waals surface area contributed by atoms with Crippen molar-refractivity contribution in [2.24, 2.45) is 4.99 Å². The SMILES string of the molecule is Cc1noc(C)c1CC(=O)Nc1cccc(S(=O)(=O)NC2=NCCC2)c1. The highest BCUT2D eigenvalue weighted by Crippen LogP contribution is 2.18. The summed E-state index contributed by atoms with van der Waals surface area (Å²) in [6.45, 7) is 4.15. The summed E-state index contributed by atoms with van der Waals surface area (Å²) in [5.74, 6) is 0.787. The van der Waals surface area contributed by atoms with Crippen molar-refractivity contribution >= 4 is 27.5 Å². The molecular weight excluding hydrogens is 356 g/mol. The van der Waals surface area contributed by atoms with Crippen molar-refractivity contribution in [1.29, 1.82) is 0 Å². The van der Waals surface area contributed by atoms with Crippen LogP contribution in [0.3, 0.4) is 0 Å². The first kappa shape index (κ1) is 18.1. The van der Waals surface area contributed by atoms with Gasteiger partial charge < -0.3 is 9.84 Å². The van der Waals surface area contributed by atoms with Crippen LogP contribution in [0.1, 0.15) is 29.9 Å². The Kier molecular flexibility index (Phi) is 5.08. The minimum atomic E-state index is -3.72. The number of rotatable bonds is 5. The number of sulfonamides is 1. The number of aromatic nitrogens is 1. The van der Waals surface area contributed by atoms with Crippen LogP contribution in [-0.2, 0) is 21.2 Å². The zero-order valence-corrected chi connectivity index (χ0v) is 15.4. The number of amides is 1. The number of benzene rings is 1. The first-order chi connectivity index (χ1) is 12.3. The second kappa shape index (κ2) is 7.28. The first-order valence-corrected chi connectivity index (χ1v) is 9.71. The number of amidine groups is 1. The Balaban J connectivity index is 1.71. The zero-order chi connectivity index (χ0) is 18.7. The number of anilines is 1. The van der Waals surface area contributed by atoms with E-state index in [0.29, 0.717) is 35.9 Å². The Morgan fingerprint density at radius 1 is 1.31 bits per heavy atom. The van der Waals surface area contributed by atoms with E-state index in [0.717, 1.165) is 12.0 Å². The molecule has 0 spiro atoms. The Hall–Kier alpha value is -2.68. The van der Waals surface area contributed by atoms with E-state index in [1.54, 1.807) is 26.0 Å². The molecule has 0 aliphatic carbocycles. The van der Waals surface area contributed by atoms with Crippen LogP contribution in [0, 0.1) is 13.8 Å². The van der Waals surface area contributed by atoms with Crippen molar-refractivity contribution in [3.05, 3.63) is 41.3 Å². The Morgan fingerprint density at radius 3 is 2.77 bits per heavy atom. The van der Waals surface area contributed by atoms with Gasteiger partial charge in [0.15, 0.2) is 0 Å². The van der Waals surface area contributed by atoms with Gasteiger partial charge in [-0.25, -0.2) is 8.42 Å². The molecule has 2 aromatic rings. The number of aryl methyl sites for hydroxylation is 2. The maximum atomic E-state index is 12.4. The molecule has 3 rings (SSSR count). The van der Waals surface area contributed by atoms with E-state index >= 15 is 0 Å². The zero-order valence-electron chi connectivity index (χ0n) is 14.6. The second-order valence-electron chi connectivity index (χ2n) is 6.09. The maximum absolute atomic E-state index is 12.4. The fourth-order valence-corrected chi connectivity index (χ4v) is 3.83. The molecule has 0 saturated heterocycles. The average Bonchev–Trinajstić information content (AvgIpc) is 3.20. The van der Waals surface area contributed by atoms with Gasteiger partial charge in [-0.2, -0.15) is 0 Å². The molecule has 0 radical (unpaired) electrons. The summed E-state index contributed by atoms with van der Waals surface area (Å²) in [4.78, 5) is 16.4. The van der Waals surface area contributed by atoms with Gasteiger partial charge in [0.25, 0.3) is 10.0 Å². The minimum absolute atomic E-state index is 0.0715. The third kappa shape index (κ3) is 4.10. The molecule has 8 nitrogen and oxygen atoms in total. The summed E-state index contributed by atoms with van der Waals surface area (Å²) >= 11 is 0. The molecule has 1 aromatic carbocycles. The maximum Gasteiger partial charge on any atom is 0.262 e. The predicted octanol–water partition coefficient (Wildman–Crippen LogP) is 1.94. The lowest BCUT2D eigenvalue weighted by Crippen LogP contribution is -2.29. The molecule has 1 aliphatic rings. The summed E-state index contributed by atoms with van der Waals surface area (Å²) in [5, 5.41) is 6.53. The third-order valence-electron chi connectivity index (χ3n) is 4.07. The van der Waals surface area contributed by atoms with Gasteiger partial charge in [0.05, 0.1) is 17.0 Å². The number of nitrogens with one attached hydrogen (secondary N) is 2. The van der Waals surface area contributed by atoms with Gasteiger partial charge in [-0.1, -0.05) is 11.2 Å². The van der Waals surface area contributed by atoms with E-state index in [4.69, 9.17) is 4.52 Å². The number of carbonyl (C=O) groups excluding carboxylic acids is 1. The largest absolute Gasteiger partial charge is 0.361 e. The summed E-state index contributed by atoms with van der Waals surface area (Å²) in [6, 6.07) is 6.11. The summed E-state index contributed by atoms with van der Waals surface area (Å²) in [6.07, 6.45) is 1.57. The highest BCUT2D eigenvalue weighted by Gasteiger charge is 2.19. The van der Waals surface area contributed by atoms with E-state index in [2.05, 4.69) is 20.2 Å². The average molecular weight is 376 g/mol. The molecule has 1 aromatic heterocycles. The fourth-order valence-electron chi connectivity index (χ4n) is 2.70. The van der Waals surface area contributed by atoms with E-state index < -0.39 is 10.0 Å². The number of hydrogen-bond donors (Lipinski definition) is 2. The Bertz CT molecular complexity index is 943. The molecule has 9 heteroatoms. The lowest BCUT2D eigenvalue weighted by Gasteiger charge is -2.10. The van der Waals surface area contributed by atoms with Gasteiger partial charge in [-0.05, 0) is 38.5 Å². The van der Waals surface area contributed by atoms with Gasteiger partial charge in [0, 0.05) is 24.2 Å². The second-order valence-corrected chi connectivity index (χ2v) is 7.78. The van der Waals surface area contributed by atoms with Crippen molar-refractivity contribution in [1.82, 2.24) is 9.88 Å². The Morgan fingerprint density at radius 2 is 2.12 bits per heavy atom. The van der Waals surface area contributed by atoms with Crippen LogP contribution in [0.2, 0.25) is 0 Å². The highest BCUT2D eigenvalue weighted by atomic mass is 32.2. The van der Waals surface area contributed by atoms with Crippen LogP contribution in [0.15, 0.2) is 38.7 Å². The molecule has 26 heavy (non-hydrogen) atoms. The smallest absolute Gasteiger partial charge is 0.262 e. The minimum Gasteiger partial charge on any atom is -0.361 e. The number of hydrogen-bond acceptors (Lipinski definition) is 6. The van der Waals surface area contributed by atoms with Crippen molar-refractivity contribution in [2.45, 2.75) is 38.0 Å². The van der Waals surface area contributed by atoms with Gasteiger partial charge in [0.2, 0.25) is 5.91 Å². The normalized spacial score (nSPS) is 14.2. The molecule has 2 N–H and O–H groups in total. The van der Waals surface area contributed by atoms with Crippen LogP contribution < -0.4 is 10.0 Å². The van der Waals surface area contributed by atoms with Gasteiger partial charge in [0.1, 0.15) is 11.6 Å². The third-order valence-corrected chi connectivity index (χ3v) is 5.45.